The van der Waals surface area contributed by atoms with Gasteiger partial charge < -0.3 is 10.7 Å². The number of aromatic nitrogens is 1. The Morgan fingerprint density at radius 3 is 2.88 bits per heavy atom. The molecule has 3 heteroatoms. The minimum Gasteiger partial charge on any atom is -0.361 e. The summed E-state index contributed by atoms with van der Waals surface area (Å²) in [5.74, 6) is 0. The van der Waals surface area contributed by atoms with Crippen molar-refractivity contribution in [2.24, 2.45) is 5.73 Å². The predicted octanol–water partition coefficient (Wildman–Crippen LogP) is 3.66. The quantitative estimate of drug-likeness (QED) is 0.707. The van der Waals surface area contributed by atoms with Crippen LogP contribution in [-0.4, -0.2) is 4.98 Å². The molecule has 3 rings (SSSR count). The van der Waals surface area contributed by atoms with Gasteiger partial charge in [0.25, 0.3) is 0 Å². The van der Waals surface area contributed by atoms with E-state index < -0.39 is 0 Å². The molecule has 0 bridgehead atoms. The Balaban J connectivity index is 2.19. The van der Waals surface area contributed by atoms with Gasteiger partial charge in [-0.1, -0.05) is 11.6 Å². The molecule has 0 aliphatic rings. The van der Waals surface area contributed by atoms with Crippen LogP contribution in [0.3, 0.4) is 0 Å². The van der Waals surface area contributed by atoms with Crippen LogP contribution in [-0.2, 0) is 6.54 Å². The van der Waals surface area contributed by atoms with Crippen LogP contribution in [0, 0.1) is 6.92 Å². The minimum atomic E-state index is 0.617. The molecule has 0 fully saturated rings. The smallest absolute Gasteiger partial charge is 0.0460 e. The number of benzene rings is 1. The van der Waals surface area contributed by atoms with Gasteiger partial charge in [0.05, 0.1) is 0 Å². The summed E-state index contributed by atoms with van der Waals surface area (Å²) in [7, 11) is 0. The summed E-state index contributed by atoms with van der Waals surface area (Å²) in [6, 6.07) is 10.7. The number of aromatic amines is 1. The Morgan fingerprint density at radius 1 is 1.24 bits per heavy atom. The van der Waals surface area contributed by atoms with Crippen molar-refractivity contribution in [2.75, 3.05) is 0 Å². The van der Waals surface area contributed by atoms with E-state index in [0.29, 0.717) is 6.54 Å². The summed E-state index contributed by atoms with van der Waals surface area (Å²) < 4.78 is 0. The molecule has 0 aliphatic heterocycles. The molecule has 2 nitrogen and oxygen atoms in total. The fourth-order valence-electron chi connectivity index (χ4n) is 2.07. The molecule has 3 N–H and O–H groups in total. The second-order valence-corrected chi connectivity index (χ2v) is 5.39. The van der Waals surface area contributed by atoms with Crippen molar-refractivity contribution in [2.45, 2.75) is 13.5 Å². The monoisotopic (exact) mass is 242 g/mol. The third-order valence-corrected chi connectivity index (χ3v) is 4.11. The lowest BCUT2D eigenvalue weighted by molar-refractivity contribution is 1.11. The summed E-state index contributed by atoms with van der Waals surface area (Å²) in [6.07, 6.45) is 2.08. The third-order valence-electron chi connectivity index (χ3n) is 2.97. The van der Waals surface area contributed by atoms with E-state index in [1.54, 1.807) is 11.3 Å². The molecule has 2 heterocycles. The van der Waals surface area contributed by atoms with E-state index in [9.17, 15) is 0 Å². The lowest BCUT2D eigenvalue weighted by Crippen LogP contribution is -1.90. The molecule has 86 valence electrons. The van der Waals surface area contributed by atoms with E-state index in [4.69, 9.17) is 5.73 Å². The number of hydrogen-bond acceptors (Lipinski definition) is 2. The van der Waals surface area contributed by atoms with Crippen molar-refractivity contribution >= 4 is 22.2 Å². The van der Waals surface area contributed by atoms with Crippen LogP contribution in [0.1, 0.15) is 10.4 Å². The Kier molecular flexibility index (Phi) is 2.50. The minimum absolute atomic E-state index is 0.617. The molecule has 0 radical (unpaired) electrons. The molecular formula is C14H14N2S. The average Bonchev–Trinajstić information content (AvgIpc) is 2.93. The highest BCUT2D eigenvalue weighted by Crippen LogP contribution is 2.33. The van der Waals surface area contributed by atoms with Crippen LogP contribution >= 0.6 is 11.3 Å². The van der Waals surface area contributed by atoms with E-state index in [1.807, 2.05) is 0 Å². The number of nitrogens with two attached hydrogens (primary N) is 1. The van der Waals surface area contributed by atoms with Crippen molar-refractivity contribution in [3.8, 4) is 10.4 Å². The van der Waals surface area contributed by atoms with Crippen LogP contribution in [0.2, 0.25) is 0 Å². The summed E-state index contributed by atoms with van der Waals surface area (Å²) in [5, 5.41) is 1.29. The molecule has 17 heavy (non-hydrogen) atoms. The lowest BCUT2D eigenvalue weighted by Gasteiger charge is -1.97. The second-order valence-electron chi connectivity index (χ2n) is 4.22. The van der Waals surface area contributed by atoms with Crippen molar-refractivity contribution in [3.63, 3.8) is 0 Å². The summed E-state index contributed by atoms with van der Waals surface area (Å²) >= 11 is 1.77. The number of rotatable bonds is 2. The first-order valence-corrected chi connectivity index (χ1v) is 6.46. The predicted molar refractivity (Wildman–Crippen MR) is 74.2 cm³/mol. The van der Waals surface area contributed by atoms with Gasteiger partial charge >= 0.3 is 0 Å². The Morgan fingerprint density at radius 2 is 2.12 bits per heavy atom. The number of aryl methyl sites for hydroxylation is 1. The molecular weight excluding hydrogens is 228 g/mol. The summed E-state index contributed by atoms with van der Waals surface area (Å²) in [5.41, 5.74) is 9.40. The van der Waals surface area contributed by atoms with Gasteiger partial charge in [0, 0.05) is 39.0 Å². The Hall–Kier alpha value is -1.58. The molecule has 0 atom stereocenters. The zero-order chi connectivity index (χ0) is 11.8. The van der Waals surface area contributed by atoms with Crippen LogP contribution in [0.4, 0.5) is 0 Å². The highest BCUT2D eigenvalue weighted by atomic mass is 32.1. The highest BCUT2D eigenvalue weighted by Gasteiger charge is 2.08. The number of thiophene rings is 1. The molecule has 0 saturated heterocycles. The van der Waals surface area contributed by atoms with E-state index in [-0.39, 0.29) is 0 Å². The first-order valence-electron chi connectivity index (χ1n) is 5.65. The van der Waals surface area contributed by atoms with E-state index in [2.05, 4.69) is 48.4 Å². The molecule has 0 unspecified atom stereocenters. The molecule has 1 aromatic carbocycles. The fourth-order valence-corrected chi connectivity index (χ4v) is 2.99. The van der Waals surface area contributed by atoms with Gasteiger partial charge in [0.1, 0.15) is 0 Å². The maximum absolute atomic E-state index is 5.66. The summed E-state index contributed by atoms with van der Waals surface area (Å²) in [6.45, 7) is 2.74. The van der Waals surface area contributed by atoms with Crippen molar-refractivity contribution in [1.82, 2.24) is 4.98 Å². The number of H-pyrrole nitrogens is 1. The van der Waals surface area contributed by atoms with Crippen LogP contribution in [0.25, 0.3) is 21.3 Å². The van der Waals surface area contributed by atoms with Gasteiger partial charge in [0.2, 0.25) is 0 Å². The zero-order valence-electron chi connectivity index (χ0n) is 9.66. The van der Waals surface area contributed by atoms with Crippen LogP contribution in [0.5, 0.6) is 0 Å². The first kappa shape index (κ1) is 10.6. The molecule has 0 amide bonds. The van der Waals surface area contributed by atoms with Gasteiger partial charge in [-0.2, -0.15) is 0 Å². The maximum atomic E-state index is 5.66. The first-order chi connectivity index (χ1) is 8.28. The average molecular weight is 242 g/mol. The molecule has 2 aromatic heterocycles. The van der Waals surface area contributed by atoms with Gasteiger partial charge in [0.15, 0.2) is 0 Å². The summed E-state index contributed by atoms with van der Waals surface area (Å²) in [4.78, 5) is 5.82. The standard InChI is InChI=1S/C14H14N2S/c1-9-2-4-13-11(6-9)12(8-16-13)14-5-3-10(7-15)17-14/h2-6,8,16H,7,15H2,1H3. The van der Waals surface area contributed by atoms with E-state index in [1.165, 1.54) is 31.8 Å². The SMILES string of the molecule is Cc1ccc2[nH]cc(-c3ccc(CN)s3)c2c1. The zero-order valence-corrected chi connectivity index (χ0v) is 10.5. The lowest BCUT2D eigenvalue weighted by atomic mass is 10.1. The second kappa shape index (κ2) is 4.02. The molecule has 0 spiro atoms. The van der Waals surface area contributed by atoms with Gasteiger partial charge in [-0.25, -0.2) is 0 Å². The molecule has 3 aromatic rings. The molecule has 0 aliphatic carbocycles. The molecule has 0 saturated carbocycles. The van der Waals surface area contributed by atoms with E-state index >= 15 is 0 Å². The van der Waals surface area contributed by atoms with E-state index in [0.717, 1.165) is 0 Å². The Labute approximate surface area is 104 Å². The van der Waals surface area contributed by atoms with Crippen molar-refractivity contribution in [3.05, 3.63) is 47.0 Å². The van der Waals surface area contributed by atoms with Crippen molar-refractivity contribution in [1.29, 1.82) is 0 Å². The number of fused-ring (bicyclic) bond motifs is 1. The van der Waals surface area contributed by atoms with Gasteiger partial charge in [-0.3, -0.25) is 0 Å². The normalized spacial score (nSPS) is 11.2. The highest BCUT2D eigenvalue weighted by molar-refractivity contribution is 7.15. The van der Waals surface area contributed by atoms with Gasteiger partial charge in [-0.05, 0) is 31.2 Å². The van der Waals surface area contributed by atoms with Crippen LogP contribution < -0.4 is 5.73 Å². The van der Waals surface area contributed by atoms with Crippen LogP contribution in [0.15, 0.2) is 36.5 Å². The van der Waals surface area contributed by atoms with Crippen molar-refractivity contribution < 1.29 is 0 Å². The topological polar surface area (TPSA) is 41.8 Å². The van der Waals surface area contributed by atoms with Gasteiger partial charge in [-0.15, -0.1) is 11.3 Å². The number of nitrogens with one attached hydrogen (secondary N) is 1. The maximum Gasteiger partial charge on any atom is 0.0460 e. The fraction of sp³-hybridized carbons (Fsp3) is 0.143. The third kappa shape index (κ3) is 1.77. The largest absolute Gasteiger partial charge is 0.361 e. The Bertz CT molecular complexity index is 664. The number of hydrogen-bond donors (Lipinski definition) is 2.